The van der Waals surface area contributed by atoms with Gasteiger partial charge in [-0.25, -0.2) is 9.97 Å². The summed E-state index contributed by atoms with van der Waals surface area (Å²) >= 11 is 0. The third-order valence-electron chi connectivity index (χ3n) is 4.52. The highest BCUT2D eigenvalue weighted by atomic mass is 16.2. The molecule has 3 rings (SSSR count). The third-order valence-corrected chi connectivity index (χ3v) is 4.52. The largest absolute Gasteiger partial charge is 0.354 e. The van der Waals surface area contributed by atoms with Crippen LogP contribution in [0.5, 0.6) is 0 Å². The Kier molecular flexibility index (Phi) is 5.98. The van der Waals surface area contributed by atoms with Gasteiger partial charge in [0, 0.05) is 38.1 Å². The highest BCUT2D eigenvalue weighted by Gasteiger charge is 2.26. The van der Waals surface area contributed by atoms with Gasteiger partial charge in [-0.05, 0) is 44.2 Å². The molecule has 0 unspecified atom stereocenters. The van der Waals surface area contributed by atoms with Crippen molar-refractivity contribution >= 4 is 11.9 Å². The Morgan fingerprint density at radius 2 is 2.16 bits per heavy atom. The number of carbonyl (C=O) groups excluding carboxylic acids is 1. The number of aromatic nitrogens is 4. The summed E-state index contributed by atoms with van der Waals surface area (Å²) in [5.41, 5.74) is 1.16. The van der Waals surface area contributed by atoms with Crippen molar-refractivity contribution in [3.05, 3.63) is 36.4 Å². The number of carbonyl (C=O) groups is 1. The van der Waals surface area contributed by atoms with Gasteiger partial charge in [0.15, 0.2) is 0 Å². The van der Waals surface area contributed by atoms with Crippen LogP contribution in [0.2, 0.25) is 0 Å². The van der Waals surface area contributed by atoms with E-state index in [0.717, 1.165) is 37.9 Å². The first-order valence-electron chi connectivity index (χ1n) is 9.02. The zero-order valence-corrected chi connectivity index (χ0v) is 14.8. The van der Waals surface area contributed by atoms with Crippen LogP contribution in [0, 0.1) is 6.92 Å². The normalized spacial score (nSPS) is 17.5. The summed E-state index contributed by atoms with van der Waals surface area (Å²) in [5, 5.41) is 7.52. The highest BCUT2D eigenvalue weighted by molar-refractivity contribution is 5.76. The topological polar surface area (TPSA) is 75.9 Å². The molecule has 2 aromatic heterocycles. The molecule has 0 saturated carbocycles. The summed E-state index contributed by atoms with van der Waals surface area (Å²) in [4.78, 5) is 22.9. The molecule has 25 heavy (non-hydrogen) atoms. The molecule has 1 amide bonds. The molecule has 1 fully saturated rings. The van der Waals surface area contributed by atoms with Gasteiger partial charge in [-0.2, -0.15) is 5.10 Å². The summed E-state index contributed by atoms with van der Waals surface area (Å²) in [6, 6.07) is 2.04. The zero-order valence-electron chi connectivity index (χ0n) is 14.8. The first kappa shape index (κ1) is 17.4. The van der Waals surface area contributed by atoms with E-state index in [1.165, 1.54) is 6.42 Å². The van der Waals surface area contributed by atoms with E-state index in [4.69, 9.17) is 0 Å². The molecule has 7 nitrogen and oxygen atoms in total. The molecule has 134 valence electrons. The van der Waals surface area contributed by atoms with E-state index in [-0.39, 0.29) is 11.9 Å². The molecule has 2 aromatic rings. The van der Waals surface area contributed by atoms with Crippen LogP contribution in [0.4, 0.5) is 5.95 Å². The van der Waals surface area contributed by atoms with E-state index < -0.39 is 0 Å². The number of anilines is 1. The van der Waals surface area contributed by atoms with Gasteiger partial charge in [-0.1, -0.05) is 0 Å². The van der Waals surface area contributed by atoms with E-state index in [9.17, 15) is 4.79 Å². The fourth-order valence-electron chi connectivity index (χ4n) is 3.28. The molecule has 0 aliphatic carbocycles. The van der Waals surface area contributed by atoms with Crippen LogP contribution in [-0.4, -0.2) is 49.7 Å². The van der Waals surface area contributed by atoms with Gasteiger partial charge >= 0.3 is 0 Å². The first-order valence-corrected chi connectivity index (χ1v) is 9.02. The Labute approximate surface area is 148 Å². The molecule has 1 aliphatic rings. The predicted molar refractivity (Wildman–Crippen MR) is 96.1 cm³/mol. The summed E-state index contributed by atoms with van der Waals surface area (Å²) in [5.74, 6) is 0.851. The minimum atomic E-state index is 0.240. The zero-order chi connectivity index (χ0) is 17.5. The smallest absolute Gasteiger partial charge is 0.222 e. The van der Waals surface area contributed by atoms with Crippen molar-refractivity contribution in [2.75, 3.05) is 18.4 Å². The maximum atomic E-state index is 12.7. The molecule has 1 aliphatic heterocycles. The summed E-state index contributed by atoms with van der Waals surface area (Å²) in [7, 11) is 0. The number of hydrogen-bond acceptors (Lipinski definition) is 5. The molecule has 1 atom stereocenters. The third kappa shape index (κ3) is 5.01. The molecule has 7 heteroatoms. The van der Waals surface area contributed by atoms with Crippen LogP contribution in [0.1, 0.15) is 37.7 Å². The molecular formula is C18H26N6O. The fourth-order valence-corrected chi connectivity index (χ4v) is 3.28. The van der Waals surface area contributed by atoms with E-state index in [0.29, 0.717) is 18.9 Å². The van der Waals surface area contributed by atoms with Crippen LogP contribution in [0.3, 0.4) is 0 Å². The Balaban J connectivity index is 1.47. The minimum absolute atomic E-state index is 0.240. The van der Waals surface area contributed by atoms with Crippen LogP contribution in [-0.2, 0) is 11.3 Å². The van der Waals surface area contributed by atoms with E-state index in [1.807, 2.05) is 24.0 Å². The van der Waals surface area contributed by atoms with Gasteiger partial charge in [0.1, 0.15) is 0 Å². The second-order valence-electron chi connectivity index (χ2n) is 6.58. The van der Waals surface area contributed by atoms with Gasteiger partial charge in [-0.3, -0.25) is 9.48 Å². The van der Waals surface area contributed by atoms with Crippen LogP contribution < -0.4 is 5.32 Å². The Morgan fingerprint density at radius 3 is 2.92 bits per heavy atom. The average molecular weight is 342 g/mol. The van der Waals surface area contributed by atoms with E-state index in [1.54, 1.807) is 18.5 Å². The number of rotatable bonds is 7. The molecule has 0 spiro atoms. The van der Waals surface area contributed by atoms with E-state index >= 15 is 0 Å². The summed E-state index contributed by atoms with van der Waals surface area (Å²) < 4.78 is 1.96. The molecular weight excluding hydrogens is 316 g/mol. The number of piperidine rings is 1. The number of nitrogens with zero attached hydrogens (tertiary/aromatic N) is 5. The predicted octanol–water partition coefficient (Wildman–Crippen LogP) is 2.25. The molecule has 0 radical (unpaired) electrons. The quantitative estimate of drug-likeness (QED) is 0.781. The van der Waals surface area contributed by atoms with Crippen molar-refractivity contribution in [3.8, 4) is 0 Å². The molecule has 0 bridgehead atoms. The standard InChI is InChI=1S/C18H26N6O/c1-15-12-22-23(13-15)14-16-6-2-3-11-24(16)17(25)7-4-8-19-18-20-9-5-10-21-18/h5,9-10,12-13,16H,2-4,6-8,11,14H2,1H3,(H,19,20,21)/t16-/m0/s1. The minimum Gasteiger partial charge on any atom is -0.354 e. The van der Waals surface area contributed by atoms with Gasteiger partial charge in [0.05, 0.1) is 18.8 Å². The fraction of sp³-hybridized carbons (Fsp3) is 0.556. The van der Waals surface area contributed by atoms with Gasteiger partial charge in [-0.15, -0.1) is 0 Å². The second kappa shape index (κ2) is 8.60. The monoisotopic (exact) mass is 342 g/mol. The van der Waals surface area contributed by atoms with Crippen molar-refractivity contribution in [1.29, 1.82) is 0 Å². The van der Waals surface area contributed by atoms with Crippen molar-refractivity contribution in [1.82, 2.24) is 24.6 Å². The maximum Gasteiger partial charge on any atom is 0.222 e. The number of hydrogen-bond donors (Lipinski definition) is 1. The Hall–Kier alpha value is -2.44. The molecule has 1 N–H and O–H groups in total. The van der Waals surface area contributed by atoms with Crippen molar-refractivity contribution < 1.29 is 4.79 Å². The lowest BCUT2D eigenvalue weighted by Crippen LogP contribution is -2.46. The number of likely N-dealkylation sites (tertiary alicyclic amines) is 1. The van der Waals surface area contributed by atoms with Crippen LogP contribution in [0.25, 0.3) is 0 Å². The SMILES string of the molecule is Cc1cnn(C[C@@H]2CCCCN2C(=O)CCCNc2ncccn2)c1. The Morgan fingerprint density at radius 1 is 1.32 bits per heavy atom. The maximum absolute atomic E-state index is 12.7. The molecule has 1 saturated heterocycles. The first-order chi connectivity index (χ1) is 12.2. The second-order valence-corrected chi connectivity index (χ2v) is 6.58. The van der Waals surface area contributed by atoms with Crippen molar-refractivity contribution in [2.24, 2.45) is 0 Å². The summed E-state index contributed by atoms with van der Waals surface area (Å²) in [6.45, 7) is 4.39. The lowest BCUT2D eigenvalue weighted by atomic mass is 10.0. The van der Waals surface area contributed by atoms with Gasteiger partial charge in [0.2, 0.25) is 11.9 Å². The molecule has 3 heterocycles. The van der Waals surface area contributed by atoms with Crippen molar-refractivity contribution in [3.63, 3.8) is 0 Å². The lowest BCUT2D eigenvalue weighted by Gasteiger charge is -2.36. The number of aryl methyl sites for hydroxylation is 1. The van der Waals surface area contributed by atoms with Crippen LogP contribution >= 0.6 is 0 Å². The Bertz CT molecular complexity index is 671. The van der Waals surface area contributed by atoms with Gasteiger partial charge < -0.3 is 10.2 Å². The van der Waals surface area contributed by atoms with Gasteiger partial charge in [0.25, 0.3) is 0 Å². The van der Waals surface area contributed by atoms with Crippen molar-refractivity contribution in [2.45, 2.75) is 51.6 Å². The van der Waals surface area contributed by atoms with Crippen LogP contribution in [0.15, 0.2) is 30.9 Å². The summed E-state index contributed by atoms with van der Waals surface area (Å²) in [6.07, 6.45) is 12.0. The average Bonchev–Trinajstić information content (AvgIpc) is 3.05. The number of amides is 1. The lowest BCUT2D eigenvalue weighted by molar-refractivity contribution is -0.135. The highest BCUT2D eigenvalue weighted by Crippen LogP contribution is 2.20. The number of nitrogens with one attached hydrogen (secondary N) is 1. The molecule has 0 aromatic carbocycles. The van der Waals surface area contributed by atoms with E-state index in [2.05, 4.69) is 25.3 Å².